The number of primary amides is 1. The third kappa shape index (κ3) is 3.53. The maximum absolute atomic E-state index is 12.8. The topological polar surface area (TPSA) is 132 Å². The van der Waals surface area contributed by atoms with Gasteiger partial charge in [-0.1, -0.05) is 0 Å². The van der Waals surface area contributed by atoms with E-state index >= 15 is 0 Å². The third-order valence-electron chi connectivity index (χ3n) is 5.59. The van der Waals surface area contributed by atoms with Crippen molar-refractivity contribution in [1.82, 2.24) is 14.9 Å². The number of esters is 1. The van der Waals surface area contributed by atoms with Crippen LogP contribution < -0.4 is 10.6 Å². The molecule has 0 bridgehead atoms. The lowest BCUT2D eigenvalue weighted by Crippen LogP contribution is -2.34. The van der Waals surface area contributed by atoms with Crippen LogP contribution in [0.1, 0.15) is 44.4 Å². The molecule has 1 unspecified atom stereocenters. The maximum Gasteiger partial charge on any atom is 0.376 e. The molecule has 0 aromatic carbocycles. The molecule has 2 aliphatic heterocycles. The number of carbonyl (C=O) groups is 3. The summed E-state index contributed by atoms with van der Waals surface area (Å²) in [5.41, 5.74) is 5.47. The third-order valence-corrected chi connectivity index (χ3v) is 5.59. The fourth-order valence-electron chi connectivity index (χ4n) is 4.05. The standard InChI is InChI=1S/C19H21N5O5/c1-28-18(27)16-21-5-2-14(22-16)23-6-3-19(10-23)4-7-24(11-19)17(26)12-8-13(15(20)25)29-9-12/h2,5,8-9H,3-4,6-7,10-11H2,1H3,(H2,20,25). The number of carbonyl (C=O) groups excluding carboxylic acids is 3. The zero-order chi connectivity index (χ0) is 20.6. The highest BCUT2D eigenvalue weighted by atomic mass is 16.5. The Morgan fingerprint density at radius 3 is 2.76 bits per heavy atom. The van der Waals surface area contributed by atoms with Crippen molar-refractivity contribution >= 4 is 23.6 Å². The molecule has 29 heavy (non-hydrogen) atoms. The van der Waals surface area contributed by atoms with Crippen LogP contribution in [0.25, 0.3) is 0 Å². The lowest BCUT2D eigenvalue weighted by atomic mass is 9.86. The second-order valence-electron chi connectivity index (χ2n) is 7.44. The van der Waals surface area contributed by atoms with Crippen molar-refractivity contribution in [3.63, 3.8) is 0 Å². The van der Waals surface area contributed by atoms with Gasteiger partial charge in [0.25, 0.3) is 11.8 Å². The second kappa shape index (κ2) is 7.19. The summed E-state index contributed by atoms with van der Waals surface area (Å²) in [4.78, 5) is 47.7. The Bertz CT molecular complexity index is 973. The van der Waals surface area contributed by atoms with Gasteiger partial charge < -0.3 is 24.7 Å². The summed E-state index contributed by atoms with van der Waals surface area (Å²) in [5.74, 6) is -0.785. The van der Waals surface area contributed by atoms with Gasteiger partial charge in [0.2, 0.25) is 5.82 Å². The van der Waals surface area contributed by atoms with E-state index in [1.54, 1.807) is 17.2 Å². The largest absolute Gasteiger partial charge is 0.463 e. The van der Waals surface area contributed by atoms with Crippen molar-refractivity contribution in [3.05, 3.63) is 41.7 Å². The number of likely N-dealkylation sites (tertiary alicyclic amines) is 1. The van der Waals surface area contributed by atoms with Gasteiger partial charge in [-0.2, -0.15) is 0 Å². The normalized spacial score (nSPS) is 21.0. The molecule has 152 valence electrons. The lowest BCUT2D eigenvalue weighted by molar-refractivity contribution is 0.0586. The van der Waals surface area contributed by atoms with Gasteiger partial charge in [-0.3, -0.25) is 9.59 Å². The number of anilines is 1. The number of methoxy groups -OCH3 is 1. The van der Waals surface area contributed by atoms with Crippen molar-refractivity contribution < 1.29 is 23.5 Å². The van der Waals surface area contributed by atoms with E-state index in [0.29, 0.717) is 24.5 Å². The fraction of sp³-hybridized carbons (Fsp3) is 0.421. The summed E-state index contributed by atoms with van der Waals surface area (Å²) >= 11 is 0. The minimum atomic E-state index is -0.704. The molecular formula is C19H21N5O5. The van der Waals surface area contributed by atoms with Crippen LogP contribution in [0.5, 0.6) is 0 Å². The number of aromatic nitrogens is 2. The number of hydrogen-bond acceptors (Lipinski definition) is 8. The van der Waals surface area contributed by atoms with Gasteiger partial charge in [-0.15, -0.1) is 0 Å². The average molecular weight is 399 g/mol. The Balaban J connectivity index is 1.44. The highest BCUT2D eigenvalue weighted by molar-refractivity contribution is 5.98. The molecule has 2 aromatic heterocycles. The first-order chi connectivity index (χ1) is 13.9. The van der Waals surface area contributed by atoms with Gasteiger partial charge in [0.1, 0.15) is 12.1 Å². The molecule has 2 saturated heterocycles. The van der Waals surface area contributed by atoms with Crippen LogP contribution in [0.3, 0.4) is 0 Å². The summed E-state index contributed by atoms with van der Waals surface area (Å²) < 4.78 is 9.74. The van der Waals surface area contributed by atoms with E-state index in [4.69, 9.17) is 10.2 Å². The van der Waals surface area contributed by atoms with E-state index in [2.05, 4.69) is 19.6 Å². The molecule has 2 aromatic rings. The van der Waals surface area contributed by atoms with Crippen LogP contribution in [0.4, 0.5) is 5.82 Å². The van der Waals surface area contributed by atoms with Gasteiger partial charge in [0.05, 0.1) is 12.7 Å². The molecule has 0 aliphatic carbocycles. The lowest BCUT2D eigenvalue weighted by Gasteiger charge is -2.25. The number of amides is 2. The summed E-state index contributed by atoms with van der Waals surface area (Å²) in [6.45, 7) is 2.73. The molecule has 10 nitrogen and oxygen atoms in total. The number of nitrogens with two attached hydrogens (primary N) is 1. The molecular weight excluding hydrogens is 378 g/mol. The SMILES string of the molecule is COC(=O)c1nccc(N2CCC3(CCN(C(=O)c4coc(C(N)=O)c4)C3)C2)n1. The minimum Gasteiger partial charge on any atom is -0.463 e. The van der Waals surface area contributed by atoms with E-state index < -0.39 is 11.9 Å². The van der Waals surface area contributed by atoms with E-state index in [9.17, 15) is 14.4 Å². The monoisotopic (exact) mass is 399 g/mol. The van der Waals surface area contributed by atoms with Crippen molar-refractivity contribution in [2.45, 2.75) is 12.8 Å². The quantitative estimate of drug-likeness (QED) is 0.743. The maximum atomic E-state index is 12.8. The Kier molecular flexibility index (Phi) is 4.69. The summed E-state index contributed by atoms with van der Waals surface area (Å²) in [5, 5.41) is 0. The highest BCUT2D eigenvalue weighted by Crippen LogP contribution is 2.41. The van der Waals surface area contributed by atoms with Crippen LogP contribution in [-0.4, -0.2) is 65.9 Å². The Morgan fingerprint density at radius 1 is 1.24 bits per heavy atom. The number of ether oxygens (including phenoxy) is 1. The predicted octanol–water partition coefficient (Wildman–Crippen LogP) is 0.698. The molecule has 2 N–H and O–H groups in total. The van der Waals surface area contributed by atoms with E-state index in [1.165, 1.54) is 19.4 Å². The van der Waals surface area contributed by atoms with Crippen LogP contribution in [0.2, 0.25) is 0 Å². The Morgan fingerprint density at radius 2 is 2.03 bits per heavy atom. The molecule has 2 fully saturated rings. The van der Waals surface area contributed by atoms with Crippen molar-refractivity contribution in [1.29, 1.82) is 0 Å². The number of nitrogens with zero attached hydrogens (tertiary/aromatic N) is 4. The first-order valence-corrected chi connectivity index (χ1v) is 9.25. The Labute approximate surface area is 166 Å². The smallest absolute Gasteiger partial charge is 0.376 e. The second-order valence-corrected chi connectivity index (χ2v) is 7.44. The summed E-state index contributed by atoms with van der Waals surface area (Å²) in [7, 11) is 1.29. The summed E-state index contributed by atoms with van der Waals surface area (Å²) in [6.07, 6.45) is 4.58. The molecule has 2 aliphatic rings. The molecule has 2 amide bonds. The first kappa shape index (κ1) is 18.9. The van der Waals surface area contributed by atoms with Gasteiger partial charge in [-0.25, -0.2) is 14.8 Å². The predicted molar refractivity (Wildman–Crippen MR) is 100 cm³/mol. The molecule has 10 heteroatoms. The number of furan rings is 1. The van der Waals surface area contributed by atoms with Gasteiger partial charge in [0, 0.05) is 43.9 Å². The van der Waals surface area contributed by atoms with Crippen LogP contribution in [-0.2, 0) is 4.74 Å². The van der Waals surface area contributed by atoms with Gasteiger partial charge >= 0.3 is 5.97 Å². The molecule has 1 spiro atoms. The fourth-order valence-corrected chi connectivity index (χ4v) is 4.05. The van der Waals surface area contributed by atoms with E-state index in [1.807, 2.05) is 0 Å². The summed E-state index contributed by atoms with van der Waals surface area (Å²) in [6, 6.07) is 3.14. The molecule has 1 atom stereocenters. The van der Waals surface area contributed by atoms with Crippen molar-refractivity contribution in [3.8, 4) is 0 Å². The van der Waals surface area contributed by atoms with Gasteiger partial charge in [0.15, 0.2) is 5.76 Å². The first-order valence-electron chi connectivity index (χ1n) is 9.25. The van der Waals surface area contributed by atoms with Crippen LogP contribution in [0, 0.1) is 5.41 Å². The molecule has 0 saturated carbocycles. The van der Waals surface area contributed by atoms with Crippen molar-refractivity contribution in [2.75, 3.05) is 38.2 Å². The Hall–Kier alpha value is -3.43. The van der Waals surface area contributed by atoms with E-state index in [0.717, 1.165) is 25.9 Å². The number of rotatable bonds is 4. The molecule has 4 heterocycles. The number of hydrogen-bond donors (Lipinski definition) is 1. The molecule has 4 rings (SSSR count). The van der Waals surface area contributed by atoms with Crippen molar-refractivity contribution in [2.24, 2.45) is 11.1 Å². The van der Waals surface area contributed by atoms with E-state index in [-0.39, 0.29) is 22.9 Å². The van der Waals surface area contributed by atoms with Crippen LogP contribution in [0.15, 0.2) is 29.0 Å². The zero-order valence-electron chi connectivity index (χ0n) is 16.0. The average Bonchev–Trinajstić information content (AvgIpc) is 3.47. The highest BCUT2D eigenvalue weighted by Gasteiger charge is 2.45. The van der Waals surface area contributed by atoms with Crippen LogP contribution >= 0.6 is 0 Å². The van der Waals surface area contributed by atoms with Gasteiger partial charge in [-0.05, 0) is 18.9 Å². The zero-order valence-corrected chi connectivity index (χ0v) is 16.0. The molecule has 0 radical (unpaired) electrons. The minimum absolute atomic E-state index is 0.0272.